The van der Waals surface area contributed by atoms with E-state index in [0.29, 0.717) is 50.3 Å². The van der Waals surface area contributed by atoms with Crippen LogP contribution in [-0.4, -0.2) is 72.3 Å². The molecule has 4 heterocycles. The minimum atomic E-state index is -0.718. The molecule has 0 unspecified atom stereocenters. The quantitative estimate of drug-likeness (QED) is 0.271. The monoisotopic (exact) mass is 697 g/mol. The summed E-state index contributed by atoms with van der Waals surface area (Å²) in [6, 6.07) is 12.3. The summed E-state index contributed by atoms with van der Waals surface area (Å²) >= 11 is 0. The van der Waals surface area contributed by atoms with Gasteiger partial charge < -0.3 is 34.9 Å². The van der Waals surface area contributed by atoms with Gasteiger partial charge in [-0.3, -0.25) is 14.4 Å². The number of ether oxygens (including phenoxy) is 2. The molecule has 2 fully saturated rings. The highest BCUT2D eigenvalue weighted by Crippen LogP contribution is 2.47. The maximum Gasteiger partial charge on any atom is 0.410 e. The van der Waals surface area contributed by atoms with Crippen LogP contribution in [0, 0.1) is 20.8 Å². The summed E-state index contributed by atoms with van der Waals surface area (Å²) in [5.74, 6) is -0.315. The van der Waals surface area contributed by atoms with Crippen molar-refractivity contribution in [2.24, 2.45) is 0 Å². The van der Waals surface area contributed by atoms with Gasteiger partial charge in [-0.2, -0.15) is 0 Å². The van der Waals surface area contributed by atoms with Gasteiger partial charge in [-0.25, -0.2) is 4.79 Å². The summed E-state index contributed by atoms with van der Waals surface area (Å²) in [5, 5.41) is 6.16. The summed E-state index contributed by atoms with van der Waals surface area (Å²) in [6.45, 7) is 16.5. The topological polar surface area (TPSA) is 133 Å². The lowest BCUT2D eigenvalue weighted by molar-refractivity contribution is -0.122. The normalized spacial score (nSPS) is 17.2. The number of benzene rings is 2. The van der Waals surface area contributed by atoms with Crippen molar-refractivity contribution in [3.8, 4) is 11.1 Å². The van der Waals surface area contributed by atoms with Crippen LogP contribution >= 0.6 is 0 Å². The molecule has 3 aliphatic heterocycles. The Morgan fingerprint density at radius 3 is 2.37 bits per heavy atom. The molecule has 2 saturated heterocycles. The van der Waals surface area contributed by atoms with E-state index in [1.165, 1.54) is 0 Å². The SMILES string of the molecule is CCN(c1cc(-c2ccc3c(c2)NC(=O)C32CCN(C(=O)OC(C)(C)C)CC2)cc(C(=O)NCc2c(C)cc(C)[nH]c2=O)c1C)C1CCOCC1. The summed E-state index contributed by atoms with van der Waals surface area (Å²) in [6.07, 6.45) is 2.44. The second-order valence-corrected chi connectivity index (χ2v) is 15.2. The first-order chi connectivity index (χ1) is 24.2. The van der Waals surface area contributed by atoms with E-state index in [4.69, 9.17) is 9.47 Å². The Kier molecular flexibility index (Phi) is 10.0. The van der Waals surface area contributed by atoms with Crippen LogP contribution in [0.5, 0.6) is 0 Å². The molecular weight excluding hydrogens is 646 g/mol. The molecule has 0 bridgehead atoms. The van der Waals surface area contributed by atoms with E-state index in [9.17, 15) is 19.2 Å². The van der Waals surface area contributed by atoms with E-state index >= 15 is 0 Å². The molecule has 0 aliphatic carbocycles. The van der Waals surface area contributed by atoms with Gasteiger partial charge in [0.15, 0.2) is 0 Å². The maximum absolute atomic E-state index is 14.0. The first kappa shape index (κ1) is 36.2. The number of pyridine rings is 1. The number of amides is 3. The average molecular weight is 698 g/mol. The molecule has 3 aliphatic rings. The number of hydrogen-bond acceptors (Lipinski definition) is 7. The van der Waals surface area contributed by atoms with Gasteiger partial charge in [-0.1, -0.05) is 12.1 Å². The molecule has 1 spiro atoms. The number of piperidine rings is 1. The number of fused-ring (bicyclic) bond motifs is 2. The molecule has 0 radical (unpaired) electrons. The molecule has 3 amide bonds. The standard InChI is InChI=1S/C40H51N5O6/c1-8-45(29-11-17-50-18-12-29)34-22-28(20-30(26(34)4)35(46)41-23-31-24(2)19-25(3)42-36(31)47)27-9-10-32-33(21-27)43-37(48)40(32)13-15-44(16-14-40)38(49)51-39(5,6)7/h9-10,19-22,29H,8,11-18,23H2,1-7H3,(H,41,46)(H,42,47)(H,43,48). The molecule has 3 aromatic rings. The van der Waals surface area contributed by atoms with Gasteiger partial charge in [-0.05, 0) is 126 Å². The summed E-state index contributed by atoms with van der Waals surface area (Å²) in [4.78, 5) is 60.0. The summed E-state index contributed by atoms with van der Waals surface area (Å²) in [5.41, 5.74) is 6.41. The predicted molar refractivity (Wildman–Crippen MR) is 199 cm³/mol. The minimum absolute atomic E-state index is 0.0544. The van der Waals surface area contributed by atoms with Crippen LogP contribution in [0.3, 0.4) is 0 Å². The number of aromatic amines is 1. The first-order valence-electron chi connectivity index (χ1n) is 18.1. The van der Waals surface area contributed by atoms with E-state index in [2.05, 4.69) is 33.5 Å². The van der Waals surface area contributed by atoms with Gasteiger partial charge in [0.25, 0.3) is 11.5 Å². The van der Waals surface area contributed by atoms with Gasteiger partial charge in [0.2, 0.25) is 5.91 Å². The fourth-order valence-corrected chi connectivity index (χ4v) is 7.89. The highest BCUT2D eigenvalue weighted by molar-refractivity contribution is 6.07. The Labute approximate surface area is 300 Å². The van der Waals surface area contributed by atoms with Crippen LogP contribution in [0.15, 0.2) is 41.2 Å². The second kappa shape index (κ2) is 14.2. The fourth-order valence-electron chi connectivity index (χ4n) is 7.89. The largest absolute Gasteiger partial charge is 0.444 e. The predicted octanol–water partition coefficient (Wildman–Crippen LogP) is 6.12. The number of likely N-dealkylation sites (tertiary alicyclic amines) is 1. The van der Waals surface area contributed by atoms with E-state index in [1.54, 1.807) is 4.90 Å². The van der Waals surface area contributed by atoms with E-state index in [1.807, 2.05) is 71.9 Å². The molecule has 2 aromatic carbocycles. The third kappa shape index (κ3) is 7.26. The third-order valence-corrected chi connectivity index (χ3v) is 10.6. The minimum Gasteiger partial charge on any atom is -0.444 e. The Morgan fingerprint density at radius 1 is 1.02 bits per heavy atom. The number of aryl methyl sites for hydroxylation is 2. The molecule has 6 rings (SSSR count). The number of rotatable bonds is 7. The van der Waals surface area contributed by atoms with Crippen molar-refractivity contribution in [1.82, 2.24) is 15.2 Å². The second-order valence-electron chi connectivity index (χ2n) is 15.2. The molecule has 0 atom stereocenters. The van der Waals surface area contributed by atoms with Gasteiger partial charge in [0.05, 0.1) is 5.41 Å². The Bertz CT molecular complexity index is 1900. The number of H-pyrrole nitrogens is 1. The molecule has 0 saturated carbocycles. The zero-order chi connectivity index (χ0) is 36.7. The van der Waals surface area contributed by atoms with Crippen molar-refractivity contribution < 1.29 is 23.9 Å². The van der Waals surface area contributed by atoms with Crippen molar-refractivity contribution >= 4 is 29.3 Å². The van der Waals surface area contributed by atoms with Crippen molar-refractivity contribution in [3.63, 3.8) is 0 Å². The smallest absolute Gasteiger partial charge is 0.410 e. The summed E-state index contributed by atoms with van der Waals surface area (Å²) < 4.78 is 11.3. The van der Waals surface area contributed by atoms with Crippen LogP contribution in [0.25, 0.3) is 11.1 Å². The van der Waals surface area contributed by atoms with Crippen molar-refractivity contribution in [3.05, 3.63) is 80.3 Å². The van der Waals surface area contributed by atoms with Crippen LogP contribution in [0.1, 0.15) is 91.7 Å². The maximum atomic E-state index is 14.0. The zero-order valence-electron chi connectivity index (χ0n) is 31.0. The third-order valence-electron chi connectivity index (χ3n) is 10.6. The first-order valence-corrected chi connectivity index (χ1v) is 18.1. The van der Waals surface area contributed by atoms with Gasteiger partial charge in [-0.15, -0.1) is 0 Å². The highest BCUT2D eigenvalue weighted by Gasteiger charge is 2.49. The lowest BCUT2D eigenvalue weighted by Crippen LogP contribution is -2.49. The Hall–Kier alpha value is -4.64. The zero-order valence-corrected chi connectivity index (χ0v) is 31.0. The average Bonchev–Trinajstić information content (AvgIpc) is 3.34. The molecule has 3 N–H and O–H groups in total. The fraction of sp³-hybridized carbons (Fsp3) is 0.500. The number of nitrogens with zero attached hydrogens (tertiary/aromatic N) is 2. The van der Waals surface area contributed by atoms with Crippen LogP contribution in [0.4, 0.5) is 16.2 Å². The van der Waals surface area contributed by atoms with E-state index in [0.717, 1.165) is 64.3 Å². The Balaban J connectivity index is 1.33. The molecular formula is C40H51N5O6. The van der Waals surface area contributed by atoms with Gasteiger partial charge >= 0.3 is 6.09 Å². The lowest BCUT2D eigenvalue weighted by atomic mass is 9.73. The molecule has 11 nitrogen and oxygen atoms in total. The van der Waals surface area contributed by atoms with Crippen LogP contribution in [0.2, 0.25) is 0 Å². The van der Waals surface area contributed by atoms with E-state index < -0.39 is 11.0 Å². The lowest BCUT2D eigenvalue weighted by Gasteiger charge is -2.38. The number of anilines is 2. The van der Waals surface area contributed by atoms with E-state index in [-0.39, 0.29) is 36.1 Å². The number of hydrogen-bond donors (Lipinski definition) is 3. The van der Waals surface area contributed by atoms with Gasteiger partial charge in [0.1, 0.15) is 5.60 Å². The Morgan fingerprint density at radius 2 is 1.73 bits per heavy atom. The molecule has 51 heavy (non-hydrogen) atoms. The van der Waals surface area contributed by atoms with Crippen LogP contribution < -0.4 is 21.1 Å². The highest BCUT2D eigenvalue weighted by atomic mass is 16.6. The number of nitrogens with one attached hydrogen (secondary N) is 3. The van der Waals surface area contributed by atoms with Crippen LogP contribution in [-0.2, 0) is 26.2 Å². The molecule has 1 aromatic heterocycles. The molecule has 272 valence electrons. The van der Waals surface area contributed by atoms with Crippen molar-refractivity contribution in [2.75, 3.05) is 43.1 Å². The number of carbonyl (C=O) groups excluding carboxylic acids is 3. The summed E-state index contributed by atoms with van der Waals surface area (Å²) in [7, 11) is 0. The number of aromatic nitrogens is 1. The van der Waals surface area contributed by atoms with Crippen molar-refractivity contribution in [2.45, 2.75) is 97.8 Å². The molecule has 11 heteroatoms. The van der Waals surface area contributed by atoms with Crippen molar-refractivity contribution in [1.29, 1.82) is 0 Å². The number of carbonyl (C=O) groups is 3. The van der Waals surface area contributed by atoms with Gasteiger partial charge in [0, 0.05) is 73.6 Å².